The number of likely N-dealkylation sites (tertiary alicyclic amines) is 1. The summed E-state index contributed by atoms with van der Waals surface area (Å²) in [5.41, 5.74) is 0. The van der Waals surface area contributed by atoms with Crippen molar-refractivity contribution in [2.75, 3.05) is 19.8 Å². The van der Waals surface area contributed by atoms with E-state index in [0.717, 1.165) is 25.8 Å². The van der Waals surface area contributed by atoms with E-state index in [4.69, 9.17) is 9.84 Å². The van der Waals surface area contributed by atoms with Crippen molar-refractivity contribution in [1.82, 2.24) is 4.90 Å². The molecule has 0 aromatic heterocycles. The molecule has 4 nitrogen and oxygen atoms in total. The minimum Gasteiger partial charge on any atom is -0.464 e. The number of aliphatic hydroxyl groups is 1. The first-order chi connectivity index (χ1) is 6.33. The number of rotatable bonds is 2. The topological polar surface area (TPSA) is 49.8 Å². The maximum absolute atomic E-state index is 11.3. The summed E-state index contributed by atoms with van der Waals surface area (Å²) in [6, 6.07) is 0.0929. The van der Waals surface area contributed by atoms with Crippen LogP contribution in [0.5, 0.6) is 0 Å². The molecule has 0 aromatic carbocycles. The summed E-state index contributed by atoms with van der Waals surface area (Å²) < 4.78 is 4.91. The minimum atomic E-state index is -0.111. The highest BCUT2D eigenvalue weighted by molar-refractivity contribution is 5.77. The first-order valence-corrected chi connectivity index (χ1v) is 4.86. The maximum atomic E-state index is 11.3. The van der Waals surface area contributed by atoms with E-state index in [1.54, 1.807) is 0 Å². The molecule has 2 heterocycles. The van der Waals surface area contributed by atoms with Crippen LogP contribution in [0.25, 0.3) is 0 Å². The van der Waals surface area contributed by atoms with Gasteiger partial charge in [-0.25, -0.2) is 0 Å². The normalized spacial score (nSPS) is 35.3. The number of carbonyl (C=O) groups excluding carboxylic acids is 1. The fraction of sp³-hybridized carbons (Fsp3) is 0.889. The molecule has 1 N–H and O–H groups in total. The molecule has 2 aliphatic heterocycles. The Morgan fingerprint density at radius 3 is 3.00 bits per heavy atom. The van der Waals surface area contributed by atoms with Gasteiger partial charge < -0.3 is 9.84 Å². The third-order valence-electron chi connectivity index (χ3n) is 2.94. The molecule has 2 rings (SSSR count). The number of nitrogens with zero attached hydrogens (tertiary/aromatic N) is 1. The van der Waals surface area contributed by atoms with Crippen molar-refractivity contribution in [2.45, 2.75) is 31.3 Å². The molecule has 74 valence electrons. The molecule has 2 fully saturated rings. The largest absolute Gasteiger partial charge is 0.464 e. The van der Waals surface area contributed by atoms with E-state index in [1.807, 2.05) is 0 Å². The van der Waals surface area contributed by atoms with Crippen LogP contribution in [-0.4, -0.2) is 47.8 Å². The van der Waals surface area contributed by atoms with Gasteiger partial charge in [0.2, 0.25) is 0 Å². The van der Waals surface area contributed by atoms with Gasteiger partial charge in [-0.2, -0.15) is 0 Å². The van der Waals surface area contributed by atoms with Gasteiger partial charge in [0, 0.05) is 12.5 Å². The lowest BCUT2D eigenvalue weighted by atomic mass is 10.2. The summed E-state index contributed by atoms with van der Waals surface area (Å²) in [6.07, 6.45) is 2.87. The number of aliphatic hydroxyl groups excluding tert-OH is 1. The van der Waals surface area contributed by atoms with Gasteiger partial charge in [0.1, 0.15) is 6.04 Å². The third-order valence-corrected chi connectivity index (χ3v) is 2.94. The van der Waals surface area contributed by atoms with Gasteiger partial charge in [-0.1, -0.05) is 0 Å². The Labute approximate surface area is 77.5 Å². The van der Waals surface area contributed by atoms with Gasteiger partial charge in [0.15, 0.2) is 0 Å². The maximum Gasteiger partial charge on any atom is 0.323 e. The van der Waals surface area contributed by atoms with Gasteiger partial charge in [-0.05, 0) is 19.4 Å². The summed E-state index contributed by atoms with van der Waals surface area (Å²) in [5.74, 6) is -0.111. The Kier molecular flexibility index (Phi) is 2.51. The lowest BCUT2D eigenvalue weighted by molar-refractivity contribution is -0.142. The monoisotopic (exact) mass is 185 g/mol. The molecule has 13 heavy (non-hydrogen) atoms. The molecule has 0 aliphatic carbocycles. The first kappa shape index (κ1) is 8.97. The number of hydrogen-bond donors (Lipinski definition) is 1. The van der Waals surface area contributed by atoms with Gasteiger partial charge in [0.05, 0.1) is 13.2 Å². The highest BCUT2D eigenvalue weighted by Crippen LogP contribution is 2.24. The van der Waals surface area contributed by atoms with Crippen molar-refractivity contribution < 1.29 is 14.6 Å². The predicted octanol–water partition coefficient (Wildman–Crippen LogP) is -0.241. The predicted molar refractivity (Wildman–Crippen MR) is 46.2 cm³/mol. The molecule has 0 bridgehead atoms. The molecule has 2 unspecified atom stereocenters. The molecule has 4 heteroatoms. The number of carbonyl (C=O) groups is 1. The van der Waals surface area contributed by atoms with E-state index < -0.39 is 0 Å². The molecule has 0 radical (unpaired) electrons. The van der Waals surface area contributed by atoms with E-state index in [1.165, 1.54) is 0 Å². The van der Waals surface area contributed by atoms with Crippen LogP contribution in [0, 0.1) is 0 Å². The zero-order valence-electron chi connectivity index (χ0n) is 7.61. The van der Waals surface area contributed by atoms with E-state index in [9.17, 15) is 4.79 Å². The second-order valence-electron chi connectivity index (χ2n) is 3.69. The lowest BCUT2D eigenvalue weighted by Crippen LogP contribution is -2.43. The number of cyclic esters (lactones) is 1. The van der Waals surface area contributed by atoms with Gasteiger partial charge in [-0.15, -0.1) is 0 Å². The van der Waals surface area contributed by atoms with Crippen LogP contribution in [-0.2, 0) is 9.53 Å². The number of ether oxygens (including phenoxy) is 1. The van der Waals surface area contributed by atoms with Crippen LogP contribution in [0.3, 0.4) is 0 Å². The highest BCUT2D eigenvalue weighted by atomic mass is 16.5. The molecule has 0 amide bonds. The van der Waals surface area contributed by atoms with E-state index in [2.05, 4.69) is 4.90 Å². The zero-order chi connectivity index (χ0) is 9.26. The summed E-state index contributed by atoms with van der Waals surface area (Å²) in [4.78, 5) is 13.4. The van der Waals surface area contributed by atoms with Gasteiger partial charge in [-0.3, -0.25) is 9.69 Å². The van der Waals surface area contributed by atoms with Crippen LogP contribution in [0.4, 0.5) is 0 Å². The van der Waals surface area contributed by atoms with Crippen LogP contribution in [0.2, 0.25) is 0 Å². The molecule has 2 aliphatic rings. The van der Waals surface area contributed by atoms with Crippen LogP contribution < -0.4 is 0 Å². The van der Waals surface area contributed by atoms with Crippen molar-refractivity contribution in [2.24, 2.45) is 0 Å². The second-order valence-corrected chi connectivity index (χ2v) is 3.69. The van der Waals surface area contributed by atoms with Crippen LogP contribution >= 0.6 is 0 Å². The quantitative estimate of drug-likeness (QED) is 0.603. The van der Waals surface area contributed by atoms with Crippen molar-refractivity contribution in [3.05, 3.63) is 0 Å². The Hall–Kier alpha value is -0.610. The molecular weight excluding hydrogens is 170 g/mol. The molecular formula is C9H15NO3. The number of esters is 1. The fourth-order valence-electron chi connectivity index (χ4n) is 2.25. The summed E-state index contributed by atoms with van der Waals surface area (Å²) >= 11 is 0. The summed E-state index contributed by atoms with van der Waals surface area (Å²) in [6.45, 7) is 1.62. The Balaban J connectivity index is 2.02. The van der Waals surface area contributed by atoms with Crippen molar-refractivity contribution >= 4 is 5.97 Å². The average Bonchev–Trinajstić information content (AvgIpc) is 2.71. The second kappa shape index (κ2) is 3.64. The van der Waals surface area contributed by atoms with E-state index >= 15 is 0 Å². The lowest BCUT2D eigenvalue weighted by Gasteiger charge is -2.26. The fourth-order valence-corrected chi connectivity index (χ4v) is 2.25. The zero-order valence-corrected chi connectivity index (χ0v) is 7.61. The SMILES string of the molecule is O=C1OCCC1N1CCCC1CO. The van der Waals surface area contributed by atoms with Crippen molar-refractivity contribution in [3.8, 4) is 0 Å². The average molecular weight is 185 g/mol. The van der Waals surface area contributed by atoms with Gasteiger partial charge >= 0.3 is 5.97 Å². The van der Waals surface area contributed by atoms with Crippen molar-refractivity contribution in [3.63, 3.8) is 0 Å². The first-order valence-electron chi connectivity index (χ1n) is 4.86. The summed E-state index contributed by atoms with van der Waals surface area (Å²) in [7, 11) is 0. The Morgan fingerprint density at radius 2 is 2.38 bits per heavy atom. The molecule has 2 saturated heterocycles. The molecule has 0 saturated carbocycles. The third kappa shape index (κ3) is 1.56. The smallest absolute Gasteiger partial charge is 0.323 e. The molecule has 2 atom stereocenters. The standard InChI is InChI=1S/C9H15NO3/c11-6-7-2-1-4-10(7)8-3-5-13-9(8)12/h7-8,11H,1-6H2. The summed E-state index contributed by atoms with van der Waals surface area (Å²) in [5, 5.41) is 9.09. The highest BCUT2D eigenvalue weighted by Gasteiger charge is 2.38. The van der Waals surface area contributed by atoms with Gasteiger partial charge in [0.25, 0.3) is 0 Å². The van der Waals surface area contributed by atoms with Crippen LogP contribution in [0.1, 0.15) is 19.3 Å². The van der Waals surface area contributed by atoms with E-state index in [0.29, 0.717) is 6.61 Å². The Bertz CT molecular complexity index is 207. The Morgan fingerprint density at radius 1 is 1.54 bits per heavy atom. The van der Waals surface area contributed by atoms with E-state index in [-0.39, 0.29) is 24.7 Å². The molecule has 0 aromatic rings. The number of hydrogen-bond acceptors (Lipinski definition) is 4. The molecule has 0 spiro atoms. The minimum absolute atomic E-state index is 0.0837. The van der Waals surface area contributed by atoms with Crippen molar-refractivity contribution in [1.29, 1.82) is 0 Å². The van der Waals surface area contributed by atoms with Crippen LogP contribution in [0.15, 0.2) is 0 Å².